The Bertz CT molecular complexity index is 426. The van der Waals surface area contributed by atoms with Gasteiger partial charge in [0.25, 0.3) is 0 Å². The second-order valence-corrected chi connectivity index (χ2v) is 5.80. The fourth-order valence-corrected chi connectivity index (χ4v) is 2.95. The number of anilines is 1. The molecule has 98 valence electrons. The Balaban J connectivity index is 2.09. The fourth-order valence-electron chi connectivity index (χ4n) is 2.56. The van der Waals surface area contributed by atoms with Crippen LogP contribution in [0.2, 0.25) is 0 Å². The molecule has 0 aromatic heterocycles. The summed E-state index contributed by atoms with van der Waals surface area (Å²) >= 11 is 3.45. The summed E-state index contributed by atoms with van der Waals surface area (Å²) in [6.45, 7) is 4.24. The number of carbonyl (C=O) groups excluding carboxylic acids is 1. The number of benzene rings is 1. The summed E-state index contributed by atoms with van der Waals surface area (Å²) in [5.41, 5.74) is 0.826. The second kappa shape index (κ2) is 5.74. The number of amides is 2. The van der Waals surface area contributed by atoms with Gasteiger partial charge in [0.05, 0.1) is 5.69 Å². The maximum Gasteiger partial charge on any atom is 0.322 e. The van der Waals surface area contributed by atoms with Crippen LogP contribution in [0.25, 0.3) is 0 Å². The van der Waals surface area contributed by atoms with Crippen LogP contribution in [-0.4, -0.2) is 23.0 Å². The first kappa shape index (κ1) is 13.4. The number of urea groups is 1. The number of nitrogens with one attached hydrogen (secondary N) is 1. The maximum absolute atomic E-state index is 12.3. The lowest BCUT2D eigenvalue weighted by Gasteiger charge is -2.38. The largest absolute Gasteiger partial charge is 0.322 e. The molecule has 1 aromatic carbocycles. The van der Waals surface area contributed by atoms with Gasteiger partial charge >= 0.3 is 6.03 Å². The molecule has 0 spiro atoms. The smallest absolute Gasteiger partial charge is 0.319 e. The molecular weight excluding hydrogens is 292 g/mol. The number of halogens is 1. The van der Waals surface area contributed by atoms with Gasteiger partial charge in [-0.1, -0.05) is 12.1 Å². The monoisotopic (exact) mass is 310 g/mol. The van der Waals surface area contributed by atoms with Crippen molar-refractivity contribution in [2.75, 3.05) is 5.32 Å². The van der Waals surface area contributed by atoms with Gasteiger partial charge in [0.15, 0.2) is 0 Å². The van der Waals surface area contributed by atoms with Gasteiger partial charge in [-0.15, -0.1) is 0 Å². The number of para-hydroxylation sites is 1. The quantitative estimate of drug-likeness (QED) is 0.826. The number of piperidine rings is 1. The van der Waals surface area contributed by atoms with Crippen LogP contribution >= 0.6 is 15.9 Å². The molecule has 1 saturated heterocycles. The van der Waals surface area contributed by atoms with E-state index < -0.39 is 0 Å². The highest BCUT2D eigenvalue weighted by Crippen LogP contribution is 2.26. The van der Waals surface area contributed by atoms with E-state index in [0.29, 0.717) is 12.1 Å². The third kappa shape index (κ3) is 2.86. The van der Waals surface area contributed by atoms with Gasteiger partial charge < -0.3 is 10.2 Å². The van der Waals surface area contributed by atoms with E-state index in [9.17, 15) is 4.79 Å². The van der Waals surface area contributed by atoms with E-state index in [1.54, 1.807) is 0 Å². The number of hydrogen-bond donors (Lipinski definition) is 1. The van der Waals surface area contributed by atoms with Crippen molar-refractivity contribution < 1.29 is 4.79 Å². The second-order valence-electron chi connectivity index (χ2n) is 4.95. The molecule has 1 aliphatic rings. The molecule has 1 aromatic rings. The van der Waals surface area contributed by atoms with Crippen LogP contribution in [0.1, 0.15) is 33.1 Å². The molecule has 0 radical (unpaired) electrons. The molecule has 1 aliphatic heterocycles. The van der Waals surface area contributed by atoms with Crippen molar-refractivity contribution in [2.24, 2.45) is 0 Å². The Kier molecular flexibility index (Phi) is 4.27. The van der Waals surface area contributed by atoms with E-state index in [2.05, 4.69) is 35.1 Å². The van der Waals surface area contributed by atoms with Gasteiger partial charge in [0.1, 0.15) is 0 Å². The zero-order valence-corrected chi connectivity index (χ0v) is 12.4. The molecule has 1 N–H and O–H groups in total. The van der Waals surface area contributed by atoms with E-state index >= 15 is 0 Å². The lowest BCUT2D eigenvalue weighted by Crippen LogP contribution is -2.49. The summed E-state index contributed by atoms with van der Waals surface area (Å²) in [6.07, 6.45) is 3.39. The molecule has 3 nitrogen and oxygen atoms in total. The fraction of sp³-hybridized carbons (Fsp3) is 0.500. The number of likely N-dealkylation sites (tertiary alicyclic amines) is 1. The van der Waals surface area contributed by atoms with Gasteiger partial charge in [-0.25, -0.2) is 4.79 Å². The molecule has 18 heavy (non-hydrogen) atoms. The molecule has 0 saturated carbocycles. The van der Waals surface area contributed by atoms with E-state index in [4.69, 9.17) is 0 Å². The Morgan fingerprint density at radius 3 is 2.50 bits per heavy atom. The molecule has 2 unspecified atom stereocenters. The molecule has 1 heterocycles. The van der Waals surface area contributed by atoms with Crippen molar-refractivity contribution in [3.05, 3.63) is 28.7 Å². The Morgan fingerprint density at radius 2 is 1.89 bits per heavy atom. The SMILES string of the molecule is CC1CCCC(C)N1C(=O)Nc1ccccc1Br. The highest BCUT2D eigenvalue weighted by atomic mass is 79.9. The third-order valence-corrected chi connectivity index (χ3v) is 4.24. The lowest BCUT2D eigenvalue weighted by molar-refractivity contribution is 0.133. The highest BCUT2D eigenvalue weighted by molar-refractivity contribution is 9.10. The predicted octanol–water partition coefficient (Wildman–Crippen LogP) is 4.24. The first-order valence-corrected chi connectivity index (χ1v) is 7.22. The van der Waals surface area contributed by atoms with Crippen molar-refractivity contribution in [1.82, 2.24) is 4.90 Å². The first-order chi connectivity index (χ1) is 8.59. The summed E-state index contributed by atoms with van der Waals surface area (Å²) in [6, 6.07) is 8.32. The molecular formula is C14H19BrN2O. The summed E-state index contributed by atoms with van der Waals surface area (Å²) in [5.74, 6) is 0. The number of hydrogen-bond acceptors (Lipinski definition) is 1. The number of nitrogens with zero attached hydrogens (tertiary/aromatic N) is 1. The van der Waals surface area contributed by atoms with E-state index in [1.165, 1.54) is 6.42 Å². The molecule has 2 rings (SSSR count). The van der Waals surface area contributed by atoms with Crippen LogP contribution in [-0.2, 0) is 0 Å². The predicted molar refractivity (Wildman–Crippen MR) is 77.8 cm³/mol. The van der Waals surface area contributed by atoms with Gasteiger partial charge in [0.2, 0.25) is 0 Å². The van der Waals surface area contributed by atoms with Gasteiger partial charge in [-0.05, 0) is 61.2 Å². The van der Waals surface area contributed by atoms with Crippen molar-refractivity contribution in [3.63, 3.8) is 0 Å². The average Bonchev–Trinajstić information content (AvgIpc) is 2.32. The summed E-state index contributed by atoms with van der Waals surface area (Å²) in [5, 5.41) is 2.98. The Morgan fingerprint density at radius 1 is 1.28 bits per heavy atom. The normalized spacial score (nSPS) is 23.8. The number of carbonyl (C=O) groups is 1. The van der Waals surface area contributed by atoms with E-state index in [-0.39, 0.29) is 6.03 Å². The van der Waals surface area contributed by atoms with Gasteiger partial charge in [-0.3, -0.25) is 0 Å². The maximum atomic E-state index is 12.3. The van der Waals surface area contributed by atoms with Crippen molar-refractivity contribution in [2.45, 2.75) is 45.2 Å². The third-order valence-electron chi connectivity index (χ3n) is 3.54. The minimum Gasteiger partial charge on any atom is -0.319 e. The van der Waals surface area contributed by atoms with Gasteiger partial charge in [0, 0.05) is 16.6 Å². The highest BCUT2D eigenvalue weighted by Gasteiger charge is 2.29. The van der Waals surface area contributed by atoms with E-state index in [0.717, 1.165) is 23.0 Å². The molecule has 2 amide bonds. The van der Waals surface area contributed by atoms with E-state index in [1.807, 2.05) is 29.2 Å². The Labute approximate surface area is 117 Å². The van der Waals surface area contributed by atoms with Crippen LogP contribution in [0.4, 0.5) is 10.5 Å². The lowest BCUT2D eigenvalue weighted by atomic mass is 9.98. The summed E-state index contributed by atoms with van der Waals surface area (Å²) in [7, 11) is 0. The molecule has 0 aliphatic carbocycles. The van der Waals surface area contributed by atoms with Gasteiger partial charge in [-0.2, -0.15) is 0 Å². The standard InChI is InChI=1S/C14H19BrN2O/c1-10-6-5-7-11(2)17(10)14(18)16-13-9-4-3-8-12(13)15/h3-4,8-11H,5-7H2,1-2H3,(H,16,18). The number of rotatable bonds is 1. The minimum absolute atomic E-state index is 0.00148. The zero-order valence-electron chi connectivity index (χ0n) is 10.8. The minimum atomic E-state index is 0.00148. The molecule has 4 heteroatoms. The van der Waals surface area contributed by atoms with Crippen LogP contribution in [0, 0.1) is 0 Å². The Hall–Kier alpha value is -1.03. The first-order valence-electron chi connectivity index (χ1n) is 6.43. The van der Waals surface area contributed by atoms with Crippen molar-refractivity contribution in [3.8, 4) is 0 Å². The van der Waals surface area contributed by atoms with Crippen molar-refractivity contribution >= 4 is 27.6 Å². The summed E-state index contributed by atoms with van der Waals surface area (Å²) < 4.78 is 0.913. The van der Waals surface area contributed by atoms with Crippen molar-refractivity contribution in [1.29, 1.82) is 0 Å². The summed E-state index contributed by atoms with van der Waals surface area (Å²) in [4.78, 5) is 14.3. The zero-order chi connectivity index (χ0) is 13.1. The molecule has 1 fully saturated rings. The van der Waals surface area contributed by atoms with Crippen LogP contribution in [0.3, 0.4) is 0 Å². The topological polar surface area (TPSA) is 32.3 Å². The van der Waals surface area contributed by atoms with Crippen LogP contribution in [0.5, 0.6) is 0 Å². The van der Waals surface area contributed by atoms with Crippen LogP contribution < -0.4 is 5.32 Å². The average molecular weight is 311 g/mol. The molecule has 2 atom stereocenters. The van der Waals surface area contributed by atoms with Crippen LogP contribution in [0.15, 0.2) is 28.7 Å². The molecule has 0 bridgehead atoms.